The van der Waals surface area contributed by atoms with Gasteiger partial charge in [0.2, 0.25) is 5.91 Å². The van der Waals surface area contributed by atoms with Gasteiger partial charge in [0, 0.05) is 24.1 Å². The number of benzene rings is 2. The van der Waals surface area contributed by atoms with Gasteiger partial charge in [-0.05, 0) is 18.2 Å². The van der Waals surface area contributed by atoms with Gasteiger partial charge in [0.1, 0.15) is 17.5 Å². The fourth-order valence-electron chi connectivity index (χ4n) is 3.89. The molecular formula is C21H15N3O4. The van der Waals surface area contributed by atoms with Crippen molar-refractivity contribution in [3.8, 4) is 0 Å². The molecule has 1 fully saturated rings. The Morgan fingerprint density at radius 3 is 2.43 bits per heavy atom. The maximum atomic E-state index is 12.9. The Kier molecular flexibility index (Phi) is 3.45. The van der Waals surface area contributed by atoms with Gasteiger partial charge in [-0.1, -0.05) is 36.4 Å². The fraction of sp³-hybridized carbons (Fsp3) is 0.143. The second-order valence-electron chi connectivity index (χ2n) is 6.80. The van der Waals surface area contributed by atoms with Gasteiger partial charge in [-0.15, -0.1) is 0 Å². The van der Waals surface area contributed by atoms with Crippen LogP contribution >= 0.6 is 0 Å². The molecule has 2 aromatic carbocycles. The van der Waals surface area contributed by atoms with Crippen molar-refractivity contribution in [3.05, 3.63) is 76.6 Å². The van der Waals surface area contributed by atoms with Crippen LogP contribution in [0.2, 0.25) is 0 Å². The second-order valence-corrected chi connectivity index (χ2v) is 6.80. The molecule has 2 amide bonds. The summed E-state index contributed by atoms with van der Waals surface area (Å²) in [5.41, 5.74) is 1.50. The third-order valence-corrected chi connectivity index (χ3v) is 5.22. The second kappa shape index (κ2) is 5.88. The number of hydrogen-bond donors (Lipinski definition) is 0. The summed E-state index contributed by atoms with van der Waals surface area (Å²) < 4.78 is 5.27. The Morgan fingerprint density at radius 2 is 1.64 bits per heavy atom. The smallest absolute Gasteiger partial charge is 0.336 e. The summed E-state index contributed by atoms with van der Waals surface area (Å²) >= 11 is 0. The van der Waals surface area contributed by atoms with Crippen LogP contribution in [0.3, 0.4) is 0 Å². The fourth-order valence-corrected chi connectivity index (χ4v) is 3.89. The van der Waals surface area contributed by atoms with Gasteiger partial charge in [-0.2, -0.15) is 5.10 Å². The molecule has 0 radical (unpaired) electrons. The average Bonchev–Trinajstić information content (AvgIpc) is 3.21. The maximum absolute atomic E-state index is 12.9. The lowest BCUT2D eigenvalue weighted by Crippen LogP contribution is -2.38. The van der Waals surface area contributed by atoms with E-state index in [1.54, 1.807) is 23.2 Å². The minimum absolute atomic E-state index is 0.315. The summed E-state index contributed by atoms with van der Waals surface area (Å²) in [5, 5.41) is 6.89. The van der Waals surface area contributed by atoms with E-state index < -0.39 is 17.6 Å². The first-order valence-electron chi connectivity index (χ1n) is 8.84. The molecule has 1 saturated heterocycles. The standard InChI is InChI=1S/C21H15N3O4/c1-23-20(26)17-18(14-11-16(25)28-15-10-6-5-9-13(14)15)22-24(19(17)21(23)27)12-7-3-2-4-8-12/h2-11,17,19H,1H3/t17-,19+/m0/s1. The number of imide groups is 1. The summed E-state index contributed by atoms with van der Waals surface area (Å²) in [7, 11) is 1.47. The minimum atomic E-state index is -0.775. The molecule has 0 spiro atoms. The molecule has 28 heavy (non-hydrogen) atoms. The number of rotatable bonds is 2. The summed E-state index contributed by atoms with van der Waals surface area (Å²) in [6.45, 7) is 0. The van der Waals surface area contributed by atoms with E-state index >= 15 is 0 Å². The Balaban J connectivity index is 1.76. The number of carbonyl (C=O) groups excluding carboxylic acids is 2. The molecule has 3 aromatic rings. The Bertz CT molecular complexity index is 1220. The van der Waals surface area contributed by atoms with E-state index in [0.717, 1.165) is 4.90 Å². The lowest BCUT2D eigenvalue weighted by Gasteiger charge is -2.20. The molecular weight excluding hydrogens is 358 g/mol. The number of para-hydroxylation sites is 2. The molecule has 2 aliphatic rings. The first-order valence-corrected chi connectivity index (χ1v) is 8.84. The largest absolute Gasteiger partial charge is 0.423 e. The molecule has 1 aromatic heterocycles. The first-order chi connectivity index (χ1) is 13.6. The average molecular weight is 373 g/mol. The van der Waals surface area contributed by atoms with E-state index in [-0.39, 0.29) is 11.8 Å². The Hall–Kier alpha value is -3.74. The van der Waals surface area contributed by atoms with Crippen molar-refractivity contribution in [2.45, 2.75) is 6.04 Å². The summed E-state index contributed by atoms with van der Waals surface area (Å²) in [4.78, 5) is 38.9. The molecule has 0 aliphatic carbocycles. The van der Waals surface area contributed by atoms with Gasteiger partial charge < -0.3 is 4.42 Å². The molecule has 0 N–H and O–H groups in total. The van der Waals surface area contributed by atoms with Gasteiger partial charge in [0.25, 0.3) is 5.91 Å². The molecule has 3 heterocycles. The van der Waals surface area contributed by atoms with E-state index in [4.69, 9.17) is 4.42 Å². The van der Waals surface area contributed by atoms with Crippen LogP contribution in [0.25, 0.3) is 11.0 Å². The van der Waals surface area contributed by atoms with Crippen molar-refractivity contribution >= 4 is 34.2 Å². The highest BCUT2D eigenvalue weighted by Crippen LogP contribution is 2.37. The van der Waals surface area contributed by atoms with Crippen LogP contribution in [0.1, 0.15) is 5.56 Å². The monoisotopic (exact) mass is 373 g/mol. The van der Waals surface area contributed by atoms with Crippen LogP contribution in [-0.2, 0) is 9.59 Å². The van der Waals surface area contributed by atoms with Crippen molar-refractivity contribution in [3.63, 3.8) is 0 Å². The zero-order valence-electron chi connectivity index (χ0n) is 14.9. The predicted octanol–water partition coefficient (Wildman–Crippen LogP) is 2.00. The number of carbonyl (C=O) groups is 2. The third-order valence-electron chi connectivity index (χ3n) is 5.22. The highest BCUT2D eigenvalue weighted by Gasteiger charge is 2.56. The molecule has 5 rings (SSSR count). The topological polar surface area (TPSA) is 83.2 Å². The van der Waals surface area contributed by atoms with Crippen LogP contribution in [0.5, 0.6) is 0 Å². The van der Waals surface area contributed by atoms with Gasteiger partial charge in [-0.3, -0.25) is 19.5 Å². The number of nitrogens with zero attached hydrogens (tertiary/aromatic N) is 3. The van der Waals surface area contributed by atoms with Crippen LogP contribution in [0.4, 0.5) is 5.69 Å². The Labute approximate surface area is 159 Å². The van der Waals surface area contributed by atoms with Crippen LogP contribution < -0.4 is 10.6 Å². The van der Waals surface area contributed by atoms with Crippen molar-refractivity contribution < 1.29 is 14.0 Å². The van der Waals surface area contributed by atoms with Crippen LogP contribution in [0, 0.1) is 5.92 Å². The zero-order valence-corrected chi connectivity index (χ0v) is 14.9. The minimum Gasteiger partial charge on any atom is -0.423 e. The molecule has 0 unspecified atom stereocenters. The number of likely N-dealkylation sites (tertiary alicyclic amines) is 1. The van der Waals surface area contributed by atoms with E-state index in [0.29, 0.717) is 27.9 Å². The van der Waals surface area contributed by atoms with Crippen LogP contribution in [-0.4, -0.2) is 35.5 Å². The lowest BCUT2D eigenvalue weighted by atomic mass is 9.91. The number of likely N-dealkylation sites (N-methyl/N-ethyl adjacent to an activating group) is 1. The third kappa shape index (κ3) is 2.22. The van der Waals surface area contributed by atoms with Gasteiger partial charge in [0.05, 0.1) is 11.4 Å². The number of anilines is 1. The summed E-state index contributed by atoms with van der Waals surface area (Å²) in [6, 6.07) is 16.9. The van der Waals surface area contributed by atoms with Crippen LogP contribution in [0.15, 0.2) is 75.0 Å². The molecule has 2 aliphatic heterocycles. The first kappa shape index (κ1) is 16.4. The molecule has 2 atom stereocenters. The molecule has 0 bridgehead atoms. The van der Waals surface area contributed by atoms with Crippen molar-refractivity contribution in [1.29, 1.82) is 0 Å². The van der Waals surface area contributed by atoms with Crippen molar-refractivity contribution in [2.75, 3.05) is 12.1 Å². The molecule has 7 nitrogen and oxygen atoms in total. The highest BCUT2D eigenvalue weighted by molar-refractivity contribution is 6.27. The van der Waals surface area contributed by atoms with Crippen molar-refractivity contribution in [1.82, 2.24) is 4.90 Å². The van der Waals surface area contributed by atoms with E-state index in [9.17, 15) is 14.4 Å². The number of hydrogen-bond acceptors (Lipinski definition) is 6. The number of fused-ring (bicyclic) bond motifs is 2. The van der Waals surface area contributed by atoms with E-state index in [1.807, 2.05) is 36.4 Å². The van der Waals surface area contributed by atoms with Gasteiger partial charge in [-0.25, -0.2) is 4.79 Å². The molecule has 138 valence electrons. The number of hydrazone groups is 1. The highest BCUT2D eigenvalue weighted by atomic mass is 16.4. The summed E-state index contributed by atoms with van der Waals surface area (Å²) in [5.74, 6) is -1.42. The SMILES string of the molecule is CN1C(=O)[C@H]2C(c3cc(=O)oc4ccccc34)=NN(c3ccccc3)[C@H]2C1=O. The lowest BCUT2D eigenvalue weighted by molar-refractivity contribution is -0.137. The molecule has 0 saturated carbocycles. The van der Waals surface area contributed by atoms with E-state index in [2.05, 4.69) is 5.10 Å². The predicted molar refractivity (Wildman–Crippen MR) is 103 cm³/mol. The van der Waals surface area contributed by atoms with Gasteiger partial charge in [0.15, 0.2) is 0 Å². The van der Waals surface area contributed by atoms with E-state index in [1.165, 1.54) is 13.1 Å². The zero-order chi connectivity index (χ0) is 19.4. The quantitative estimate of drug-likeness (QED) is 0.507. The normalized spacial score (nSPS) is 21.4. The maximum Gasteiger partial charge on any atom is 0.336 e. The molecule has 7 heteroatoms. The number of amides is 2. The summed E-state index contributed by atoms with van der Waals surface area (Å²) in [6.07, 6.45) is 0. The van der Waals surface area contributed by atoms with Crippen molar-refractivity contribution in [2.24, 2.45) is 11.0 Å². The Morgan fingerprint density at radius 1 is 0.929 bits per heavy atom. The van der Waals surface area contributed by atoms with Gasteiger partial charge >= 0.3 is 5.63 Å².